The number of ether oxygens (including phenoxy) is 3. The number of thioether (sulfide) groups is 1. The summed E-state index contributed by atoms with van der Waals surface area (Å²) >= 11 is 1.34. The van der Waals surface area contributed by atoms with Crippen molar-refractivity contribution in [3.63, 3.8) is 0 Å². The molecule has 0 fully saturated rings. The van der Waals surface area contributed by atoms with E-state index >= 15 is 0 Å². The molecule has 0 saturated heterocycles. The van der Waals surface area contributed by atoms with Gasteiger partial charge in [-0.05, 0) is 42.5 Å². The summed E-state index contributed by atoms with van der Waals surface area (Å²) in [6, 6.07) is 12.8. The number of fused-ring (bicyclic) bond motifs is 1. The van der Waals surface area contributed by atoms with Gasteiger partial charge in [-0.3, -0.25) is 9.36 Å². The summed E-state index contributed by atoms with van der Waals surface area (Å²) in [4.78, 5) is 12.6. The first kappa shape index (κ1) is 17.4. The number of benzene rings is 2. The van der Waals surface area contributed by atoms with Gasteiger partial charge in [-0.25, -0.2) is 0 Å². The van der Waals surface area contributed by atoms with Crippen LogP contribution in [0.2, 0.25) is 0 Å². The molecule has 1 aliphatic rings. The van der Waals surface area contributed by atoms with Gasteiger partial charge in [0.1, 0.15) is 25.3 Å². The minimum Gasteiger partial charge on any atom is -0.497 e. The first-order valence-electron chi connectivity index (χ1n) is 8.35. The molecule has 0 atom stereocenters. The van der Waals surface area contributed by atoms with Crippen LogP contribution in [0.3, 0.4) is 0 Å². The molecule has 8 heteroatoms. The molecule has 0 amide bonds. The molecule has 138 valence electrons. The van der Waals surface area contributed by atoms with Crippen molar-refractivity contribution < 1.29 is 19.0 Å². The molecule has 0 saturated carbocycles. The average molecular weight is 383 g/mol. The summed E-state index contributed by atoms with van der Waals surface area (Å²) in [5.41, 5.74) is 1.48. The zero-order valence-electron chi connectivity index (χ0n) is 14.6. The highest BCUT2D eigenvalue weighted by Gasteiger charge is 2.16. The van der Waals surface area contributed by atoms with Gasteiger partial charge in [0.15, 0.2) is 22.4 Å². The van der Waals surface area contributed by atoms with E-state index in [0.717, 1.165) is 11.4 Å². The van der Waals surface area contributed by atoms with Crippen LogP contribution in [0.4, 0.5) is 0 Å². The molecule has 0 radical (unpaired) electrons. The molecule has 2 aromatic carbocycles. The maximum Gasteiger partial charge on any atom is 0.196 e. The topological polar surface area (TPSA) is 75.5 Å². The molecule has 0 spiro atoms. The number of carbonyl (C=O) groups is 1. The normalized spacial score (nSPS) is 12.6. The van der Waals surface area contributed by atoms with E-state index in [2.05, 4.69) is 10.2 Å². The van der Waals surface area contributed by atoms with Gasteiger partial charge in [0.2, 0.25) is 0 Å². The fourth-order valence-electron chi connectivity index (χ4n) is 2.67. The van der Waals surface area contributed by atoms with Gasteiger partial charge in [-0.15, -0.1) is 10.2 Å². The maximum absolute atomic E-state index is 12.6. The summed E-state index contributed by atoms with van der Waals surface area (Å²) in [5, 5.41) is 8.73. The third kappa shape index (κ3) is 3.75. The molecule has 2 heterocycles. The van der Waals surface area contributed by atoms with Crippen molar-refractivity contribution in [2.24, 2.45) is 0 Å². The quantitative estimate of drug-likeness (QED) is 0.478. The second kappa shape index (κ2) is 7.71. The van der Waals surface area contributed by atoms with Gasteiger partial charge in [-0.1, -0.05) is 11.8 Å². The maximum atomic E-state index is 12.6. The summed E-state index contributed by atoms with van der Waals surface area (Å²) < 4.78 is 18.0. The van der Waals surface area contributed by atoms with Crippen molar-refractivity contribution in [2.45, 2.75) is 5.16 Å². The highest BCUT2D eigenvalue weighted by Crippen LogP contribution is 2.31. The number of methoxy groups -OCH3 is 1. The Bertz CT molecular complexity index is 956. The minimum absolute atomic E-state index is 0.0127. The molecule has 4 rings (SSSR count). The standard InChI is InChI=1S/C19H17N3O4S/c1-24-15-5-3-14(4-6-15)22-12-20-21-19(22)27-11-16(23)13-2-7-17-18(10-13)26-9-8-25-17/h2-7,10,12H,8-9,11H2,1H3. The third-order valence-electron chi connectivity index (χ3n) is 4.06. The summed E-state index contributed by atoms with van der Waals surface area (Å²) in [7, 11) is 1.62. The van der Waals surface area contributed by atoms with Crippen LogP contribution in [0, 0.1) is 0 Å². The molecule has 0 unspecified atom stereocenters. The zero-order valence-corrected chi connectivity index (χ0v) is 15.4. The first-order chi connectivity index (χ1) is 13.2. The molecule has 0 bridgehead atoms. The van der Waals surface area contributed by atoms with Gasteiger partial charge >= 0.3 is 0 Å². The van der Waals surface area contributed by atoms with E-state index in [9.17, 15) is 4.79 Å². The van der Waals surface area contributed by atoms with Gasteiger partial charge in [0.05, 0.1) is 12.9 Å². The molecular weight excluding hydrogens is 366 g/mol. The Labute approximate surface area is 160 Å². The largest absolute Gasteiger partial charge is 0.497 e. The second-order valence-corrected chi connectivity index (χ2v) is 6.69. The number of carbonyl (C=O) groups excluding carboxylic acids is 1. The predicted molar refractivity (Wildman–Crippen MR) is 100 cm³/mol. The second-order valence-electron chi connectivity index (χ2n) is 5.75. The molecule has 7 nitrogen and oxygen atoms in total. The predicted octanol–water partition coefficient (Wildman–Crippen LogP) is 3.02. The highest BCUT2D eigenvalue weighted by atomic mass is 32.2. The van der Waals surface area contributed by atoms with Gasteiger partial charge in [-0.2, -0.15) is 0 Å². The summed E-state index contributed by atoms with van der Waals surface area (Å²) in [5.74, 6) is 2.29. The summed E-state index contributed by atoms with van der Waals surface area (Å²) in [6.45, 7) is 1.02. The van der Waals surface area contributed by atoms with E-state index in [1.165, 1.54) is 11.8 Å². The fraction of sp³-hybridized carbons (Fsp3) is 0.211. The Kier molecular flexibility index (Phi) is 4.97. The highest BCUT2D eigenvalue weighted by molar-refractivity contribution is 7.99. The number of hydrogen-bond acceptors (Lipinski definition) is 7. The van der Waals surface area contributed by atoms with Gasteiger partial charge in [0.25, 0.3) is 0 Å². The molecular formula is C19H17N3O4S. The van der Waals surface area contributed by atoms with Crippen molar-refractivity contribution in [2.75, 3.05) is 26.1 Å². The van der Waals surface area contributed by atoms with E-state index in [1.54, 1.807) is 31.6 Å². The summed E-state index contributed by atoms with van der Waals surface area (Å²) in [6.07, 6.45) is 1.62. The van der Waals surface area contributed by atoms with Crippen molar-refractivity contribution in [1.82, 2.24) is 14.8 Å². The third-order valence-corrected chi connectivity index (χ3v) is 5.01. The molecule has 1 aromatic heterocycles. The minimum atomic E-state index is -0.0127. The number of Topliss-reactive ketones (excluding diaryl/α,β-unsaturated/α-hetero) is 1. The molecule has 3 aromatic rings. The molecule has 1 aliphatic heterocycles. The lowest BCUT2D eigenvalue weighted by Gasteiger charge is -2.18. The Morgan fingerprint density at radius 2 is 1.93 bits per heavy atom. The van der Waals surface area contributed by atoms with Crippen LogP contribution in [0.5, 0.6) is 17.2 Å². The number of nitrogens with zero attached hydrogens (tertiary/aromatic N) is 3. The van der Waals surface area contributed by atoms with Crippen molar-refractivity contribution in [3.8, 4) is 22.9 Å². The molecule has 27 heavy (non-hydrogen) atoms. The number of rotatable bonds is 6. The van der Waals surface area contributed by atoms with Crippen molar-refractivity contribution in [1.29, 1.82) is 0 Å². The molecule has 0 aliphatic carbocycles. The lowest BCUT2D eigenvalue weighted by molar-refractivity contribution is 0.102. The number of ketones is 1. The van der Waals surface area contributed by atoms with E-state index in [1.807, 2.05) is 28.8 Å². The monoisotopic (exact) mass is 383 g/mol. The Morgan fingerprint density at radius 3 is 2.70 bits per heavy atom. The Balaban J connectivity index is 1.46. The first-order valence-corrected chi connectivity index (χ1v) is 9.33. The SMILES string of the molecule is COc1ccc(-n2cnnc2SCC(=O)c2ccc3c(c2)OCCO3)cc1. The van der Waals surface area contributed by atoms with E-state index in [0.29, 0.717) is 35.4 Å². The Morgan fingerprint density at radius 1 is 1.15 bits per heavy atom. The smallest absolute Gasteiger partial charge is 0.196 e. The van der Waals surface area contributed by atoms with Crippen molar-refractivity contribution >= 4 is 17.5 Å². The molecule has 0 N–H and O–H groups in total. The lowest BCUT2D eigenvalue weighted by atomic mass is 10.1. The van der Waals surface area contributed by atoms with Crippen LogP contribution < -0.4 is 14.2 Å². The fourth-order valence-corrected chi connectivity index (χ4v) is 3.50. The number of hydrogen-bond donors (Lipinski definition) is 0. The van der Waals surface area contributed by atoms with E-state index in [4.69, 9.17) is 14.2 Å². The zero-order chi connectivity index (χ0) is 18.6. The Hall–Kier alpha value is -3.00. The van der Waals surface area contributed by atoms with Gasteiger partial charge in [0, 0.05) is 11.3 Å². The van der Waals surface area contributed by atoms with Crippen LogP contribution in [0.15, 0.2) is 53.9 Å². The number of aromatic nitrogens is 3. The van der Waals surface area contributed by atoms with E-state index < -0.39 is 0 Å². The van der Waals surface area contributed by atoms with Crippen LogP contribution in [0.25, 0.3) is 5.69 Å². The van der Waals surface area contributed by atoms with E-state index in [-0.39, 0.29) is 11.5 Å². The van der Waals surface area contributed by atoms with Crippen LogP contribution in [-0.4, -0.2) is 46.6 Å². The van der Waals surface area contributed by atoms with Crippen LogP contribution >= 0.6 is 11.8 Å². The average Bonchev–Trinajstić information content (AvgIpc) is 3.20. The lowest BCUT2D eigenvalue weighted by Crippen LogP contribution is -2.16. The van der Waals surface area contributed by atoms with Crippen LogP contribution in [0.1, 0.15) is 10.4 Å². The van der Waals surface area contributed by atoms with Crippen molar-refractivity contribution in [3.05, 3.63) is 54.4 Å². The van der Waals surface area contributed by atoms with Crippen LogP contribution in [-0.2, 0) is 0 Å². The van der Waals surface area contributed by atoms with Gasteiger partial charge < -0.3 is 14.2 Å².